The molecular formula is C16H29N. The van der Waals surface area contributed by atoms with E-state index < -0.39 is 0 Å². The van der Waals surface area contributed by atoms with E-state index in [0.717, 1.165) is 12.0 Å². The molecule has 1 saturated carbocycles. The highest BCUT2D eigenvalue weighted by Gasteiger charge is 2.36. The van der Waals surface area contributed by atoms with Crippen LogP contribution in [0.25, 0.3) is 0 Å². The molecule has 1 nitrogen and oxygen atoms in total. The van der Waals surface area contributed by atoms with Crippen LogP contribution in [0.4, 0.5) is 0 Å². The van der Waals surface area contributed by atoms with Crippen molar-refractivity contribution in [3.05, 3.63) is 12.2 Å². The summed E-state index contributed by atoms with van der Waals surface area (Å²) in [5.41, 5.74) is 1.85. The van der Waals surface area contributed by atoms with Crippen LogP contribution in [0.5, 0.6) is 0 Å². The average molecular weight is 235 g/mol. The van der Waals surface area contributed by atoms with Gasteiger partial charge >= 0.3 is 0 Å². The Bertz CT molecular complexity index is 271. The van der Waals surface area contributed by atoms with Crippen LogP contribution in [0, 0.1) is 5.92 Å². The molecule has 1 aliphatic carbocycles. The van der Waals surface area contributed by atoms with Crippen molar-refractivity contribution in [3.63, 3.8) is 0 Å². The molecule has 0 aromatic carbocycles. The first-order valence-electron chi connectivity index (χ1n) is 7.43. The number of piperidine rings is 1. The lowest BCUT2D eigenvalue weighted by Crippen LogP contribution is -2.53. The van der Waals surface area contributed by atoms with Gasteiger partial charge in [0.1, 0.15) is 0 Å². The number of likely N-dealkylation sites (tertiary alicyclic amines) is 1. The minimum Gasteiger partial charge on any atom is -0.295 e. The summed E-state index contributed by atoms with van der Waals surface area (Å²) in [5.74, 6) is 0.805. The van der Waals surface area contributed by atoms with Crippen LogP contribution in [0.1, 0.15) is 65.7 Å². The van der Waals surface area contributed by atoms with Crippen LogP contribution in [-0.4, -0.2) is 23.0 Å². The van der Waals surface area contributed by atoms with Gasteiger partial charge < -0.3 is 0 Å². The molecule has 2 aliphatic rings. The molecule has 0 atom stereocenters. The van der Waals surface area contributed by atoms with Gasteiger partial charge in [-0.1, -0.05) is 18.6 Å². The molecule has 0 N–H and O–H groups in total. The monoisotopic (exact) mass is 235 g/mol. The minimum absolute atomic E-state index is 0.443. The Hall–Kier alpha value is -0.300. The van der Waals surface area contributed by atoms with E-state index >= 15 is 0 Å². The van der Waals surface area contributed by atoms with Crippen LogP contribution in [0.15, 0.2) is 12.2 Å². The smallest absolute Gasteiger partial charge is 0.0156 e. The normalized spacial score (nSPS) is 34.5. The lowest BCUT2D eigenvalue weighted by atomic mass is 9.79. The van der Waals surface area contributed by atoms with Crippen molar-refractivity contribution in [2.24, 2.45) is 5.92 Å². The fraction of sp³-hybridized carbons (Fsp3) is 0.875. The van der Waals surface area contributed by atoms with Gasteiger partial charge in [-0.2, -0.15) is 0 Å². The van der Waals surface area contributed by atoms with Crippen molar-refractivity contribution in [1.82, 2.24) is 4.90 Å². The van der Waals surface area contributed by atoms with Gasteiger partial charge in [-0.05, 0) is 71.8 Å². The van der Waals surface area contributed by atoms with Crippen molar-refractivity contribution in [2.45, 2.75) is 77.3 Å². The summed E-state index contributed by atoms with van der Waals surface area (Å²) >= 11 is 0. The highest BCUT2D eigenvalue weighted by atomic mass is 15.2. The Morgan fingerprint density at radius 1 is 1.12 bits per heavy atom. The molecular weight excluding hydrogens is 206 g/mol. The molecule has 1 aliphatic heterocycles. The summed E-state index contributed by atoms with van der Waals surface area (Å²) in [5, 5.41) is 0. The maximum Gasteiger partial charge on any atom is 0.0156 e. The third-order valence-electron chi connectivity index (χ3n) is 5.05. The zero-order valence-corrected chi connectivity index (χ0v) is 12.0. The van der Waals surface area contributed by atoms with Gasteiger partial charge in [-0.25, -0.2) is 0 Å². The predicted molar refractivity (Wildman–Crippen MR) is 75.2 cm³/mol. The lowest BCUT2D eigenvalue weighted by Gasteiger charge is -2.49. The van der Waals surface area contributed by atoms with Gasteiger partial charge in [0.15, 0.2) is 0 Å². The number of allylic oxidation sites excluding steroid dienone is 1. The molecule has 0 amide bonds. The molecule has 0 spiro atoms. The van der Waals surface area contributed by atoms with Gasteiger partial charge in [0, 0.05) is 11.6 Å². The van der Waals surface area contributed by atoms with E-state index in [-0.39, 0.29) is 0 Å². The first-order valence-corrected chi connectivity index (χ1v) is 7.43. The van der Waals surface area contributed by atoms with Crippen LogP contribution < -0.4 is 0 Å². The number of nitrogens with zero attached hydrogens (tertiary/aromatic N) is 1. The second kappa shape index (κ2) is 5.14. The molecule has 98 valence electrons. The van der Waals surface area contributed by atoms with Gasteiger partial charge in [0.25, 0.3) is 0 Å². The molecule has 0 aromatic rings. The molecule has 0 bridgehead atoms. The van der Waals surface area contributed by atoms with Crippen LogP contribution in [0.2, 0.25) is 0 Å². The maximum atomic E-state index is 4.13. The third-order valence-corrected chi connectivity index (χ3v) is 5.05. The van der Waals surface area contributed by atoms with Gasteiger partial charge in [-0.15, -0.1) is 0 Å². The molecule has 17 heavy (non-hydrogen) atoms. The number of rotatable bonds is 2. The Balaban J connectivity index is 1.93. The summed E-state index contributed by atoms with van der Waals surface area (Å²) < 4.78 is 0. The first-order chi connectivity index (χ1) is 8.00. The molecule has 0 unspecified atom stereocenters. The predicted octanol–water partition coefficient (Wildman–Crippen LogP) is 4.39. The topological polar surface area (TPSA) is 3.24 Å². The molecule has 1 saturated heterocycles. The van der Waals surface area contributed by atoms with Crippen molar-refractivity contribution in [3.8, 4) is 0 Å². The number of hydrogen-bond donors (Lipinski definition) is 0. The summed E-state index contributed by atoms with van der Waals surface area (Å²) in [6.45, 7) is 12.5. The minimum atomic E-state index is 0.443. The van der Waals surface area contributed by atoms with E-state index in [1.807, 2.05) is 0 Å². The van der Waals surface area contributed by atoms with Crippen molar-refractivity contribution < 1.29 is 0 Å². The largest absolute Gasteiger partial charge is 0.295 e. The molecule has 2 fully saturated rings. The summed E-state index contributed by atoms with van der Waals surface area (Å²) in [7, 11) is 0. The molecule has 2 rings (SSSR count). The Morgan fingerprint density at radius 2 is 1.76 bits per heavy atom. The molecule has 0 aromatic heterocycles. The van der Waals surface area contributed by atoms with Crippen LogP contribution in [-0.2, 0) is 0 Å². The SMILES string of the molecule is C=C(C)C1CCC(N2CCCCC2(C)C)CC1. The summed E-state index contributed by atoms with van der Waals surface area (Å²) in [6, 6.07) is 0.848. The molecule has 1 heterocycles. The maximum absolute atomic E-state index is 4.13. The highest BCUT2D eigenvalue weighted by molar-refractivity contribution is 5.00. The summed E-state index contributed by atoms with van der Waals surface area (Å²) in [4.78, 5) is 2.81. The quantitative estimate of drug-likeness (QED) is 0.642. The standard InChI is InChI=1S/C16H29N/c1-13(2)14-7-9-15(10-8-14)17-12-6-5-11-16(17,3)4/h14-15H,1,5-12H2,2-4H3. The van der Waals surface area contributed by atoms with Crippen molar-refractivity contribution >= 4 is 0 Å². The van der Waals surface area contributed by atoms with Gasteiger partial charge in [0.2, 0.25) is 0 Å². The van der Waals surface area contributed by atoms with E-state index in [0.29, 0.717) is 5.54 Å². The fourth-order valence-corrected chi connectivity index (χ4v) is 3.84. The van der Waals surface area contributed by atoms with E-state index in [1.54, 1.807) is 0 Å². The van der Waals surface area contributed by atoms with Gasteiger partial charge in [-0.3, -0.25) is 4.90 Å². The zero-order chi connectivity index (χ0) is 12.5. The second-order valence-electron chi connectivity index (χ2n) is 6.81. The van der Waals surface area contributed by atoms with Gasteiger partial charge in [0.05, 0.1) is 0 Å². The third kappa shape index (κ3) is 2.93. The average Bonchev–Trinajstić information content (AvgIpc) is 2.28. The highest BCUT2D eigenvalue weighted by Crippen LogP contribution is 2.37. The molecule has 1 heteroatoms. The fourth-order valence-electron chi connectivity index (χ4n) is 3.84. The van der Waals surface area contributed by atoms with E-state index in [2.05, 4.69) is 32.3 Å². The first kappa shape index (κ1) is 13.1. The van der Waals surface area contributed by atoms with Crippen LogP contribution in [0.3, 0.4) is 0 Å². The van der Waals surface area contributed by atoms with E-state index in [9.17, 15) is 0 Å². The van der Waals surface area contributed by atoms with Crippen LogP contribution >= 0.6 is 0 Å². The second-order valence-corrected chi connectivity index (χ2v) is 6.81. The summed E-state index contributed by atoms with van der Waals surface area (Å²) in [6.07, 6.45) is 9.73. The Morgan fingerprint density at radius 3 is 2.29 bits per heavy atom. The number of hydrogen-bond acceptors (Lipinski definition) is 1. The molecule has 0 radical (unpaired) electrons. The van der Waals surface area contributed by atoms with Crippen molar-refractivity contribution in [2.75, 3.05) is 6.54 Å². The van der Waals surface area contributed by atoms with E-state index in [1.165, 1.54) is 57.1 Å². The lowest BCUT2D eigenvalue weighted by molar-refractivity contribution is 0.0135. The Labute approximate surface area is 107 Å². The van der Waals surface area contributed by atoms with E-state index in [4.69, 9.17) is 0 Å². The Kier molecular flexibility index (Phi) is 3.97. The van der Waals surface area contributed by atoms with Crippen molar-refractivity contribution in [1.29, 1.82) is 0 Å². The zero-order valence-electron chi connectivity index (χ0n) is 12.0.